The fourth-order valence-corrected chi connectivity index (χ4v) is 4.11. The highest BCUT2D eigenvalue weighted by Crippen LogP contribution is 2.26. The molecule has 9 heteroatoms. The topological polar surface area (TPSA) is 75.4 Å². The first-order valence-corrected chi connectivity index (χ1v) is 9.84. The SMILES string of the molecule is Cc1nc2ncnn2c(C)c1CCC(=O)N1CCNCC1c1cccc(Cl)c1.Cl. The zero-order valence-corrected chi connectivity index (χ0v) is 18.0. The molecule has 1 N–H and O–H groups in total. The van der Waals surface area contributed by atoms with Crippen LogP contribution in [0.25, 0.3) is 5.78 Å². The lowest BCUT2D eigenvalue weighted by Gasteiger charge is -2.37. The highest BCUT2D eigenvalue weighted by Gasteiger charge is 2.28. The van der Waals surface area contributed by atoms with Gasteiger partial charge in [0.05, 0.1) is 6.04 Å². The van der Waals surface area contributed by atoms with Gasteiger partial charge in [-0.15, -0.1) is 12.4 Å². The van der Waals surface area contributed by atoms with E-state index in [1.54, 1.807) is 4.52 Å². The number of benzene rings is 1. The largest absolute Gasteiger partial charge is 0.333 e. The lowest BCUT2D eigenvalue weighted by atomic mass is 10.0. The Kier molecular flexibility index (Phi) is 6.72. The van der Waals surface area contributed by atoms with E-state index in [1.165, 1.54) is 6.33 Å². The zero-order chi connectivity index (χ0) is 19.7. The second-order valence-corrected chi connectivity index (χ2v) is 7.53. The molecule has 1 fully saturated rings. The van der Waals surface area contributed by atoms with Crippen LogP contribution in [0.1, 0.15) is 35.0 Å². The average Bonchev–Trinajstić information content (AvgIpc) is 3.16. The number of carbonyl (C=O) groups excluding carboxylic acids is 1. The number of aromatic nitrogens is 4. The Morgan fingerprint density at radius 2 is 2.17 bits per heavy atom. The molecule has 1 aromatic carbocycles. The van der Waals surface area contributed by atoms with Gasteiger partial charge in [-0.1, -0.05) is 23.7 Å². The summed E-state index contributed by atoms with van der Waals surface area (Å²) in [5, 5.41) is 8.29. The number of aryl methyl sites for hydroxylation is 2. The molecule has 1 amide bonds. The molecule has 1 atom stereocenters. The highest BCUT2D eigenvalue weighted by atomic mass is 35.5. The standard InChI is InChI=1S/C20H23ClN6O.ClH/c1-13-17(14(2)27-20(25-13)23-12-24-27)6-7-19(28)26-9-8-22-11-18(26)15-4-3-5-16(21)10-15;/h3-5,10,12,18,22H,6-9,11H2,1-2H3;1H. The van der Waals surface area contributed by atoms with Gasteiger partial charge < -0.3 is 10.2 Å². The summed E-state index contributed by atoms with van der Waals surface area (Å²) < 4.78 is 1.73. The van der Waals surface area contributed by atoms with Crippen molar-refractivity contribution in [1.29, 1.82) is 0 Å². The van der Waals surface area contributed by atoms with Crippen molar-refractivity contribution in [3.63, 3.8) is 0 Å². The summed E-state index contributed by atoms with van der Waals surface area (Å²) in [5.41, 5.74) is 4.00. The predicted octanol–water partition coefficient (Wildman–Crippen LogP) is 2.92. The lowest BCUT2D eigenvalue weighted by molar-refractivity contribution is -0.134. The number of carbonyl (C=O) groups is 1. The summed E-state index contributed by atoms with van der Waals surface area (Å²) in [6.07, 6.45) is 2.56. The molecule has 3 heterocycles. The van der Waals surface area contributed by atoms with E-state index in [-0.39, 0.29) is 24.4 Å². The van der Waals surface area contributed by atoms with Crippen LogP contribution in [0.4, 0.5) is 0 Å². The average molecular weight is 435 g/mol. The van der Waals surface area contributed by atoms with Gasteiger partial charge in [-0.3, -0.25) is 4.79 Å². The van der Waals surface area contributed by atoms with Crippen molar-refractivity contribution in [2.45, 2.75) is 32.7 Å². The van der Waals surface area contributed by atoms with Gasteiger partial charge in [-0.2, -0.15) is 10.1 Å². The Morgan fingerprint density at radius 1 is 1.34 bits per heavy atom. The van der Waals surface area contributed by atoms with Gasteiger partial charge in [0.1, 0.15) is 6.33 Å². The van der Waals surface area contributed by atoms with Crippen molar-refractivity contribution in [3.05, 3.63) is 58.1 Å². The van der Waals surface area contributed by atoms with Gasteiger partial charge in [-0.05, 0) is 43.5 Å². The fraction of sp³-hybridized carbons (Fsp3) is 0.400. The molecule has 0 saturated carbocycles. The summed E-state index contributed by atoms with van der Waals surface area (Å²) in [4.78, 5) is 23.7. The number of rotatable bonds is 4. The Bertz CT molecular complexity index is 1020. The Labute approximate surface area is 180 Å². The van der Waals surface area contributed by atoms with Crippen molar-refractivity contribution in [2.24, 2.45) is 0 Å². The van der Waals surface area contributed by atoms with Crippen LogP contribution >= 0.6 is 24.0 Å². The predicted molar refractivity (Wildman–Crippen MR) is 115 cm³/mol. The number of nitrogens with one attached hydrogen (secondary N) is 1. The normalized spacial score (nSPS) is 16.7. The van der Waals surface area contributed by atoms with Crippen molar-refractivity contribution >= 4 is 35.7 Å². The van der Waals surface area contributed by atoms with Gasteiger partial charge in [0.15, 0.2) is 0 Å². The molecule has 4 rings (SSSR count). The lowest BCUT2D eigenvalue weighted by Crippen LogP contribution is -2.48. The second-order valence-electron chi connectivity index (χ2n) is 7.10. The molecule has 0 radical (unpaired) electrons. The van der Waals surface area contributed by atoms with E-state index in [9.17, 15) is 4.79 Å². The van der Waals surface area contributed by atoms with E-state index in [2.05, 4.69) is 20.4 Å². The molecule has 0 aliphatic carbocycles. The van der Waals surface area contributed by atoms with Crippen molar-refractivity contribution < 1.29 is 4.79 Å². The van der Waals surface area contributed by atoms with E-state index < -0.39 is 0 Å². The molecule has 1 aliphatic heterocycles. The molecule has 3 aromatic rings. The van der Waals surface area contributed by atoms with Gasteiger partial charge in [0, 0.05) is 42.5 Å². The molecule has 7 nitrogen and oxygen atoms in total. The maximum atomic E-state index is 13.1. The minimum Gasteiger partial charge on any atom is -0.333 e. The van der Waals surface area contributed by atoms with Crippen LogP contribution < -0.4 is 5.32 Å². The Morgan fingerprint density at radius 3 is 2.97 bits per heavy atom. The van der Waals surface area contributed by atoms with Crippen LogP contribution in [0.5, 0.6) is 0 Å². The molecule has 2 aromatic heterocycles. The van der Waals surface area contributed by atoms with Crippen molar-refractivity contribution in [2.75, 3.05) is 19.6 Å². The molecule has 29 heavy (non-hydrogen) atoms. The van der Waals surface area contributed by atoms with Gasteiger partial charge in [-0.25, -0.2) is 9.50 Å². The first kappa shape index (κ1) is 21.5. The smallest absolute Gasteiger partial charge is 0.252 e. The molecular formula is C20H24Cl2N6O. The van der Waals surface area contributed by atoms with Crippen LogP contribution in [-0.4, -0.2) is 50.0 Å². The van der Waals surface area contributed by atoms with Crippen LogP contribution in [0.2, 0.25) is 5.02 Å². The molecule has 0 bridgehead atoms. The molecule has 1 saturated heterocycles. The van der Waals surface area contributed by atoms with E-state index >= 15 is 0 Å². The van der Waals surface area contributed by atoms with Crippen molar-refractivity contribution in [1.82, 2.24) is 29.8 Å². The van der Waals surface area contributed by atoms with E-state index in [0.717, 1.165) is 35.6 Å². The molecule has 0 spiro atoms. The highest BCUT2D eigenvalue weighted by molar-refractivity contribution is 6.30. The quantitative estimate of drug-likeness (QED) is 0.682. The van der Waals surface area contributed by atoms with Crippen molar-refractivity contribution in [3.8, 4) is 0 Å². The minimum absolute atomic E-state index is 0. The number of hydrogen-bond acceptors (Lipinski definition) is 5. The maximum Gasteiger partial charge on any atom is 0.252 e. The van der Waals surface area contributed by atoms with Gasteiger partial charge >= 0.3 is 0 Å². The summed E-state index contributed by atoms with van der Waals surface area (Å²) in [6.45, 7) is 6.18. The number of halogens is 2. The number of fused-ring (bicyclic) bond motifs is 1. The molecule has 1 unspecified atom stereocenters. The van der Waals surface area contributed by atoms with Crippen LogP contribution in [0, 0.1) is 13.8 Å². The van der Waals surface area contributed by atoms with Gasteiger partial charge in [0.25, 0.3) is 5.78 Å². The Hall–Kier alpha value is -2.22. The first-order valence-electron chi connectivity index (χ1n) is 9.46. The molecule has 154 valence electrons. The summed E-state index contributed by atoms with van der Waals surface area (Å²) in [5.74, 6) is 0.733. The fourth-order valence-electron chi connectivity index (χ4n) is 3.91. The van der Waals surface area contributed by atoms with E-state index in [4.69, 9.17) is 11.6 Å². The second kappa shape index (κ2) is 9.07. The third-order valence-electron chi connectivity index (χ3n) is 5.37. The van der Waals surface area contributed by atoms with Crippen LogP contribution in [0.3, 0.4) is 0 Å². The Balaban J connectivity index is 0.00000240. The van der Waals surface area contributed by atoms with Crippen LogP contribution in [0.15, 0.2) is 30.6 Å². The summed E-state index contributed by atoms with van der Waals surface area (Å²) in [7, 11) is 0. The van der Waals surface area contributed by atoms with Gasteiger partial charge in [0.2, 0.25) is 5.91 Å². The number of piperazine rings is 1. The van der Waals surface area contributed by atoms with E-state index in [0.29, 0.717) is 30.2 Å². The summed E-state index contributed by atoms with van der Waals surface area (Å²) in [6, 6.07) is 7.75. The third kappa shape index (κ3) is 4.37. The monoisotopic (exact) mass is 434 g/mol. The zero-order valence-electron chi connectivity index (χ0n) is 16.4. The molecule has 1 aliphatic rings. The number of nitrogens with zero attached hydrogens (tertiary/aromatic N) is 5. The van der Waals surface area contributed by atoms with Crippen LogP contribution in [-0.2, 0) is 11.2 Å². The van der Waals surface area contributed by atoms with E-state index in [1.807, 2.05) is 43.0 Å². The number of amides is 1. The minimum atomic E-state index is -0.00179. The summed E-state index contributed by atoms with van der Waals surface area (Å²) >= 11 is 6.16. The number of hydrogen-bond donors (Lipinski definition) is 1. The molecular weight excluding hydrogens is 411 g/mol. The third-order valence-corrected chi connectivity index (χ3v) is 5.61. The maximum absolute atomic E-state index is 13.1. The first-order chi connectivity index (χ1) is 13.5.